The molecule has 1 amide bonds. The Kier molecular flexibility index (Phi) is 4.88. The maximum absolute atomic E-state index is 12.6. The second kappa shape index (κ2) is 6.31. The van der Waals surface area contributed by atoms with Crippen LogP contribution in [0.1, 0.15) is 25.7 Å². The van der Waals surface area contributed by atoms with E-state index in [0.29, 0.717) is 25.7 Å². The molecule has 3 atom stereocenters. The third kappa shape index (κ3) is 3.55. The highest BCUT2D eigenvalue weighted by Crippen LogP contribution is 2.34. The average Bonchev–Trinajstić information content (AvgIpc) is 3.01. The Labute approximate surface area is 123 Å². The maximum Gasteiger partial charge on any atom is 0.307 e. The van der Waals surface area contributed by atoms with Crippen LogP contribution in [0.4, 0.5) is 0 Å². The van der Waals surface area contributed by atoms with Crippen molar-refractivity contribution in [2.45, 2.75) is 31.7 Å². The van der Waals surface area contributed by atoms with Gasteiger partial charge in [-0.05, 0) is 19.3 Å². The number of aliphatic hydroxyl groups excluding tert-OH is 1. The minimum Gasteiger partial charge on any atom is -0.481 e. The van der Waals surface area contributed by atoms with Gasteiger partial charge in [0.25, 0.3) is 0 Å². The lowest BCUT2D eigenvalue weighted by molar-refractivity contribution is -0.150. The van der Waals surface area contributed by atoms with Crippen molar-refractivity contribution in [2.75, 3.05) is 24.7 Å². The van der Waals surface area contributed by atoms with Crippen molar-refractivity contribution in [3.63, 3.8) is 0 Å². The zero-order valence-electron chi connectivity index (χ0n) is 11.8. The van der Waals surface area contributed by atoms with E-state index in [-0.39, 0.29) is 30.6 Å². The summed E-state index contributed by atoms with van der Waals surface area (Å²) in [6.45, 7) is -0.200. The first-order chi connectivity index (χ1) is 9.85. The number of carboxylic acids is 1. The quantitative estimate of drug-likeness (QED) is 0.706. The predicted octanol–water partition coefficient (Wildman–Crippen LogP) is -0.505. The summed E-state index contributed by atoms with van der Waals surface area (Å²) in [5.74, 6) is -2.65. The van der Waals surface area contributed by atoms with Gasteiger partial charge in [-0.15, -0.1) is 0 Å². The Balaban J connectivity index is 2.14. The molecule has 21 heavy (non-hydrogen) atoms. The predicted molar refractivity (Wildman–Crippen MR) is 74.3 cm³/mol. The number of hydrogen-bond acceptors (Lipinski definition) is 5. The number of carbonyl (C=O) groups excluding carboxylic acids is 1. The fraction of sp³-hybridized carbons (Fsp3) is 0.846. The van der Waals surface area contributed by atoms with Gasteiger partial charge in [-0.3, -0.25) is 9.59 Å². The van der Waals surface area contributed by atoms with E-state index in [4.69, 9.17) is 5.11 Å². The molecule has 2 N–H and O–H groups in total. The Bertz CT molecular complexity index is 517. The van der Waals surface area contributed by atoms with Gasteiger partial charge in [0.05, 0.1) is 29.9 Å². The summed E-state index contributed by atoms with van der Waals surface area (Å²) >= 11 is 0. The van der Waals surface area contributed by atoms with Crippen molar-refractivity contribution in [3.8, 4) is 0 Å². The van der Waals surface area contributed by atoms with Gasteiger partial charge in [0.1, 0.15) is 0 Å². The third-order valence-corrected chi connectivity index (χ3v) is 6.17. The van der Waals surface area contributed by atoms with Crippen LogP contribution in [0.15, 0.2) is 0 Å². The van der Waals surface area contributed by atoms with E-state index in [1.54, 1.807) is 0 Å². The lowest BCUT2D eigenvalue weighted by atomic mass is 9.94. The molecule has 8 heteroatoms. The highest BCUT2D eigenvalue weighted by Gasteiger charge is 2.43. The van der Waals surface area contributed by atoms with Crippen LogP contribution in [0.25, 0.3) is 0 Å². The zero-order chi connectivity index (χ0) is 15.6. The van der Waals surface area contributed by atoms with Crippen molar-refractivity contribution in [2.24, 2.45) is 11.8 Å². The highest BCUT2D eigenvalue weighted by atomic mass is 32.2. The molecular formula is C13H21NO6S. The minimum absolute atomic E-state index is 0.0416. The zero-order valence-corrected chi connectivity index (χ0v) is 12.6. The van der Waals surface area contributed by atoms with Gasteiger partial charge < -0.3 is 15.1 Å². The van der Waals surface area contributed by atoms with Crippen molar-refractivity contribution in [1.82, 2.24) is 4.90 Å². The largest absolute Gasteiger partial charge is 0.481 e. The van der Waals surface area contributed by atoms with Gasteiger partial charge in [-0.2, -0.15) is 0 Å². The first-order valence-corrected chi connectivity index (χ1v) is 9.02. The van der Waals surface area contributed by atoms with Crippen LogP contribution >= 0.6 is 0 Å². The third-order valence-electron chi connectivity index (χ3n) is 4.42. The molecule has 1 saturated heterocycles. The number of sulfone groups is 1. The Morgan fingerprint density at radius 2 is 1.81 bits per heavy atom. The molecule has 2 rings (SSSR count). The van der Waals surface area contributed by atoms with Gasteiger partial charge in [0.2, 0.25) is 5.91 Å². The normalized spacial score (nSPS) is 31.2. The molecule has 1 aliphatic carbocycles. The van der Waals surface area contributed by atoms with Crippen LogP contribution in [0.2, 0.25) is 0 Å². The standard InChI is InChI=1S/C13H21NO6S/c15-6-5-14(9-4-7-21(19,20)8-9)12(16)10-2-1-3-11(10)13(17)18/h9-11,15H,1-8H2,(H,17,18)/t9?,10-,11+/m1/s1. The summed E-state index contributed by atoms with van der Waals surface area (Å²) in [6.07, 6.45) is 2.03. The molecule has 0 radical (unpaired) electrons. The Morgan fingerprint density at radius 3 is 2.33 bits per heavy atom. The summed E-state index contributed by atoms with van der Waals surface area (Å²) < 4.78 is 23.1. The smallest absolute Gasteiger partial charge is 0.307 e. The van der Waals surface area contributed by atoms with Crippen molar-refractivity contribution >= 4 is 21.7 Å². The molecule has 7 nitrogen and oxygen atoms in total. The number of carbonyl (C=O) groups is 2. The van der Waals surface area contributed by atoms with Crippen molar-refractivity contribution < 1.29 is 28.2 Å². The first kappa shape index (κ1) is 16.2. The van der Waals surface area contributed by atoms with E-state index in [2.05, 4.69) is 0 Å². The van der Waals surface area contributed by atoms with E-state index in [9.17, 15) is 23.1 Å². The molecule has 1 unspecified atom stereocenters. The number of rotatable bonds is 5. The van der Waals surface area contributed by atoms with Gasteiger partial charge in [-0.25, -0.2) is 8.42 Å². The number of carboxylic acid groups (broad SMARTS) is 1. The number of hydrogen-bond donors (Lipinski definition) is 2. The number of amides is 1. The summed E-state index contributed by atoms with van der Waals surface area (Å²) in [6, 6.07) is -0.440. The summed E-state index contributed by atoms with van der Waals surface area (Å²) in [5, 5.41) is 18.3. The Hall–Kier alpha value is -1.15. The average molecular weight is 319 g/mol. The summed E-state index contributed by atoms with van der Waals surface area (Å²) in [4.78, 5) is 25.2. The molecular weight excluding hydrogens is 298 g/mol. The van der Waals surface area contributed by atoms with E-state index < -0.39 is 33.7 Å². The lowest BCUT2D eigenvalue weighted by Crippen LogP contribution is -2.47. The molecule has 0 bridgehead atoms. The molecule has 0 aromatic carbocycles. The second-order valence-corrected chi connectivity index (χ2v) is 8.02. The summed E-state index contributed by atoms with van der Waals surface area (Å²) in [5.41, 5.74) is 0. The molecule has 0 aromatic heterocycles. The first-order valence-electron chi connectivity index (χ1n) is 7.20. The topological polar surface area (TPSA) is 112 Å². The molecule has 0 aromatic rings. The molecule has 2 aliphatic rings. The SMILES string of the molecule is O=C(O)[C@H]1CCC[C@H]1C(=O)N(CCO)C1CCS(=O)(=O)C1. The van der Waals surface area contributed by atoms with Crippen LogP contribution in [0, 0.1) is 11.8 Å². The van der Waals surface area contributed by atoms with E-state index in [1.165, 1.54) is 4.90 Å². The second-order valence-electron chi connectivity index (χ2n) is 5.79. The monoisotopic (exact) mass is 319 g/mol. The molecule has 0 spiro atoms. The number of nitrogens with zero attached hydrogens (tertiary/aromatic N) is 1. The molecule has 120 valence electrons. The van der Waals surface area contributed by atoms with Crippen LogP contribution in [-0.4, -0.2) is 66.1 Å². The minimum atomic E-state index is -3.14. The molecule has 1 saturated carbocycles. The molecule has 1 aliphatic heterocycles. The van der Waals surface area contributed by atoms with E-state index in [1.807, 2.05) is 0 Å². The Morgan fingerprint density at radius 1 is 1.14 bits per heavy atom. The van der Waals surface area contributed by atoms with Crippen LogP contribution < -0.4 is 0 Å². The maximum atomic E-state index is 12.6. The fourth-order valence-electron chi connectivity index (χ4n) is 3.37. The summed E-state index contributed by atoms with van der Waals surface area (Å²) in [7, 11) is -3.14. The van der Waals surface area contributed by atoms with Crippen LogP contribution in [0.5, 0.6) is 0 Å². The van der Waals surface area contributed by atoms with E-state index in [0.717, 1.165) is 0 Å². The van der Waals surface area contributed by atoms with Crippen LogP contribution in [-0.2, 0) is 19.4 Å². The fourth-order valence-corrected chi connectivity index (χ4v) is 5.10. The highest BCUT2D eigenvalue weighted by molar-refractivity contribution is 7.91. The van der Waals surface area contributed by atoms with E-state index >= 15 is 0 Å². The molecule has 2 fully saturated rings. The molecule has 1 heterocycles. The van der Waals surface area contributed by atoms with Gasteiger partial charge >= 0.3 is 5.97 Å². The van der Waals surface area contributed by atoms with Crippen LogP contribution in [0.3, 0.4) is 0 Å². The number of aliphatic carboxylic acids is 1. The van der Waals surface area contributed by atoms with Gasteiger partial charge in [-0.1, -0.05) is 6.42 Å². The van der Waals surface area contributed by atoms with Gasteiger partial charge in [0.15, 0.2) is 9.84 Å². The van der Waals surface area contributed by atoms with Gasteiger partial charge in [0, 0.05) is 12.6 Å². The lowest BCUT2D eigenvalue weighted by Gasteiger charge is -2.31. The number of aliphatic hydroxyl groups is 1. The van der Waals surface area contributed by atoms with Crippen molar-refractivity contribution in [3.05, 3.63) is 0 Å². The van der Waals surface area contributed by atoms with Crippen molar-refractivity contribution in [1.29, 1.82) is 0 Å².